The van der Waals surface area contributed by atoms with Crippen molar-refractivity contribution in [2.45, 2.75) is 13.3 Å². The van der Waals surface area contributed by atoms with Crippen molar-refractivity contribution in [3.8, 4) is 5.75 Å². The summed E-state index contributed by atoms with van der Waals surface area (Å²) in [4.78, 5) is 16.6. The van der Waals surface area contributed by atoms with Crippen LogP contribution in [-0.2, 0) is 6.42 Å². The zero-order valence-electron chi connectivity index (χ0n) is 15.5. The number of rotatable bonds is 7. The van der Waals surface area contributed by atoms with Crippen molar-refractivity contribution in [2.24, 2.45) is 0 Å². The molecule has 1 amide bonds. The number of carbonyl (C=O) groups excluding carboxylic acids is 1. The molecule has 2 aromatic carbocycles. The van der Waals surface area contributed by atoms with E-state index in [0.29, 0.717) is 18.5 Å². The van der Waals surface area contributed by atoms with E-state index < -0.39 is 0 Å². The van der Waals surface area contributed by atoms with Crippen LogP contribution in [0.3, 0.4) is 0 Å². The molecule has 2 N–H and O–H groups in total. The molecule has 0 spiro atoms. The van der Waals surface area contributed by atoms with Crippen molar-refractivity contribution in [2.75, 3.05) is 19.0 Å². The van der Waals surface area contributed by atoms with Gasteiger partial charge in [-0.2, -0.15) is 0 Å². The van der Waals surface area contributed by atoms with Gasteiger partial charge < -0.3 is 15.4 Å². The number of ether oxygens (including phenoxy) is 1. The Morgan fingerprint density at radius 2 is 1.85 bits per heavy atom. The molecule has 5 nitrogen and oxygen atoms in total. The SMILES string of the molecule is COc1ccccc1CCNC(=O)c1cncc(Nc2ccccc2C)c1. The third-order valence-electron chi connectivity index (χ3n) is 4.30. The van der Waals surface area contributed by atoms with E-state index in [9.17, 15) is 4.79 Å². The number of para-hydroxylation sites is 2. The van der Waals surface area contributed by atoms with E-state index in [1.54, 1.807) is 25.6 Å². The van der Waals surface area contributed by atoms with Gasteiger partial charge in [-0.25, -0.2) is 0 Å². The fourth-order valence-electron chi connectivity index (χ4n) is 2.82. The summed E-state index contributed by atoms with van der Waals surface area (Å²) in [6, 6.07) is 17.6. The zero-order chi connectivity index (χ0) is 19.1. The number of methoxy groups -OCH3 is 1. The van der Waals surface area contributed by atoms with Gasteiger partial charge >= 0.3 is 0 Å². The molecule has 3 rings (SSSR count). The Bertz CT molecular complexity index is 925. The summed E-state index contributed by atoms with van der Waals surface area (Å²) in [5, 5.41) is 6.24. The second-order valence-corrected chi connectivity index (χ2v) is 6.22. The second-order valence-electron chi connectivity index (χ2n) is 6.22. The van der Waals surface area contributed by atoms with Gasteiger partial charge in [0.25, 0.3) is 5.91 Å². The summed E-state index contributed by atoms with van der Waals surface area (Å²) < 4.78 is 5.34. The standard InChI is InChI=1S/C22H23N3O2/c1-16-7-3-5-9-20(16)25-19-13-18(14-23-15-19)22(26)24-12-11-17-8-4-6-10-21(17)27-2/h3-10,13-15,25H,11-12H2,1-2H3,(H,24,26). The second kappa shape index (κ2) is 8.85. The lowest BCUT2D eigenvalue weighted by molar-refractivity contribution is 0.0953. The molecular formula is C22H23N3O2. The van der Waals surface area contributed by atoms with Gasteiger partial charge in [0.2, 0.25) is 0 Å². The van der Waals surface area contributed by atoms with E-state index in [2.05, 4.69) is 15.6 Å². The van der Waals surface area contributed by atoms with Gasteiger partial charge in [-0.15, -0.1) is 0 Å². The number of benzene rings is 2. The quantitative estimate of drug-likeness (QED) is 0.665. The van der Waals surface area contributed by atoms with Crippen LogP contribution < -0.4 is 15.4 Å². The average Bonchev–Trinajstić information content (AvgIpc) is 2.70. The van der Waals surface area contributed by atoms with Crippen molar-refractivity contribution in [3.63, 3.8) is 0 Å². The molecule has 0 aliphatic carbocycles. The summed E-state index contributed by atoms with van der Waals surface area (Å²) in [6.45, 7) is 2.55. The van der Waals surface area contributed by atoms with Gasteiger partial charge in [0.1, 0.15) is 5.75 Å². The lowest BCUT2D eigenvalue weighted by Crippen LogP contribution is -2.26. The van der Waals surface area contributed by atoms with Crippen LogP contribution >= 0.6 is 0 Å². The molecule has 0 fully saturated rings. The highest BCUT2D eigenvalue weighted by molar-refractivity contribution is 5.94. The van der Waals surface area contributed by atoms with Crippen LogP contribution in [0, 0.1) is 6.92 Å². The highest BCUT2D eigenvalue weighted by atomic mass is 16.5. The van der Waals surface area contributed by atoms with Crippen LogP contribution in [0.1, 0.15) is 21.5 Å². The molecule has 1 aromatic heterocycles. The molecule has 138 valence electrons. The Morgan fingerprint density at radius 3 is 2.67 bits per heavy atom. The first-order chi connectivity index (χ1) is 13.2. The fourth-order valence-corrected chi connectivity index (χ4v) is 2.82. The number of aromatic nitrogens is 1. The van der Waals surface area contributed by atoms with E-state index in [0.717, 1.165) is 28.3 Å². The van der Waals surface area contributed by atoms with E-state index >= 15 is 0 Å². The molecule has 5 heteroatoms. The van der Waals surface area contributed by atoms with Crippen LogP contribution in [0.5, 0.6) is 5.75 Å². The first-order valence-electron chi connectivity index (χ1n) is 8.85. The molecule has 27 heavy (non-hydrogen) atoms. The van der Waals surface area contributed by atoms with Crippen molar-refractivity contribution < 1.29 is 9.53 Å². The minimum Gasteiger partial charge on any atom is -0.496 e. The lowest BCUT2D eigenvalue weighted by atomic mass is 10.1. The topological polar surface area (TPSA) is 63.2 Å². The number of hydrogen-bond acceptors (Lipinski definition) is 4. The molecule has 3 aromatic rings. The number of amides is 1. The summed E-state index contributed by atoms with van der Waals surface area (Å²) in [6.07, 6.45) is 3.98. The lowest BCUT2D eigenvalue weighted by Gasteiger charge is -2.11. The minimum absolute atomic E-state index is 0.147. The van der Waals surface area contributed by atoms with Crippen molar-refractivity contribution >= 4 is 17.3 Å². The average molecular weight is 361 g/mol. The van der Waals surface area contributed by atoms with Gasteiger partial charge in [0, 0.05) is 18.4 Å². The zero-order valence-corrected chi connectivity index (χ0v) is 15.5. The number of hydrogen-bond donors (Lipinski definition) is 2. The van der Waals surface area contributed by atoms with Gasteiger partial charge in [-0.1, -0.05) is 36.4 Å². The van der Waals surface area contributed by atoms with E-state index in [1.165, 1.54) is 0 Å². The smallest absolute Gasteiger partial charge is 0.252 e. The normalized spacial score (nSPS) is 10.3. The molecule has 1 heterocycles. The molecule has 0 radical (unpaired) electrons. The van der Waals surface area contributed by atoms with Gasteiger partial charge in [-0.3, -0.25) is 9.78 Å². The molecule has 0 aliphatic heterocycles. The van der Waals surface area contributed by atoms with Crippen molar-refractivity contribution in [3.05, 3.63) is 83.7 Å². The Morgan fingerprint density at radius 1 is 1.07 bits per heavy atom. The molecule has 0 bridgehead atoms. The van der Waals surface area contributed by atoms with E-state index in [1.807, 2.05) is 55.5 Å². The molecule has 0 aliphatic rings. The van der Waals surface area contributed by atoms with Gasteiger partial charge in [-0.05, 0) is 42.7 Å². The highest BCUT2D eigenvalue weighted by Gasteiger charge is 2.08. The van der Waals surface area contributed by atoms with Gasteiger partial charge in [0.15, 0.2) is 0 Å². The minimum atomic E-state index is -0.147. The molecule has 0 saturated heterocycles. The summed E-state index contributed by atoms with van der Waals surface area (Å²) in [7, 11) is 1.65. The molecule has 0 unspecified atom stereocenters. The first-order valence-corrected chi connectivity index (χ1v) is 8.85. The van der Waals surface area contributed by atoms with Crippen LogP contribution in [0.25, 0.3) is 0 Å². The highest BCUT2D eigenvalue weighted by Crippen LogP contribution is 2.20. The third kappa shape index (κ3) is 4.85. The maximum absolute atomic E-state index is 12.5. The Balaban J connectivity index is 1.61. The Labute approximate surface area is 159 Å². The Hall–Kier alpha value is -3.34. The first kappa shape index (κ1) is 18.5. The summed E-state index contributed by atoms with van der Waals surface area (Å²) in [5.74, 6) is 0.684. The van der Waals surface area contributed by atoms with E-state index in [-0.39, 0.29) is 5.91 Å². The van der Waals surface area contributed by atoms with Crippen LogP contribution in [0.15, 0.2) is 67.0 Å². The molecule has 0 atom stereocenters. The van der Waals surface area contributed by atoms with E-state index in [4.69, 9.17) is 4.74 Å². The van der Waals surface area contributed by atoms with Crippen LogP contribution in [-0.4, -0.2) is 24.5 Å². The predicted octanol–water partition coefficient (Wildman–Crippen LogP) is 4.11. The number of nitrogens with one attached hydrogen (secondary N) is 2. The maximum atomic E-state index is 12.5. The number of aryl methyl sites for hydroxylation is 1. The fraction of sp³-hybridized carbons (Fsp3) is 0.182. The number of carbonyl (C=O) groups is 1. The molecule has 0 saturated carbocycles. The number of pyridine rings is 1. The molecular weight excluding hydrogens is 338 g/mol. The largest absolute Gasteiger partial charge is 0.496 e. The Kier molecular flexibility index (Phi) is 6.05. The summed E-state index contributed by atoms with van der Waals surface area (Å²) in [5.41, 5.74) is 4.49. The maximum Gasteiger partial charge on any atom is 0.252 e. The van der Waals surface area contributed by atoms with Crippen LogP contribution in [0.2, 0.25) is 0 Å². The summed E-state index contributed by atoms with van der Waals surface area (Å²) >= 11 is 0. The van der Waals surface area contributed by atoms with Crippen molar-refractivity contribution in [1.82, 2.24) is 10.3 Å². The number of anilines is 2. The third-order valence-corrected chi connectivity index (χ3v) is 4.30. The van der Waals surface area contributed by atoms with Crippen LogP contribution in [0.4, 0.5) is 11.4 Å². The van der Waals surface area contributed by atoms with Crippen molar-refractivity contribution in [1.29, 1.82) is 0 Å². The predicted molar refractivity (Wildman–Crippen MR) is 108 cm³/mol. The number of nitrogens with zero attached hydrogens (tertiary/aromatic N) is 1. The monoisotopic (exact) mass is 361 g/mol. The van der Waals surface area contributed by atoms with Gasteiger partial charge in [0.05, 0.1) is 24.6 Å².